The van der Waals surface area contributed by atoms with E-state index in [-0.39, 0.29) is 0 Å². The van der Waals surface area contributed by atoms with Crippen molar-refractivity contribution in [3.05, 3.63) is 28.8 Å². The summed E-state index contributed by atoms with van der Waals surface area (Å²) in [7, 11) is 0. The summed E-state index contributed by atoms with van der Waals surface area (Å²) in [5.74, 6) is 0.633. The minimum Gasteiger partial charge on any atom is -0.398 e. The molecule has 0 bridgehead atoms. The van der Waals surface area contributed by atoms with E-state index in [2.05, 4.69) is 0 Å². The molecule has 0 aliphatic heterocycles. The molecule has 14 heavy (non-hydrogen) atoms. The SMILES string of the molecule is Cc1c(C=O)ccc(CCCCl)c1N. The Morgan fingerprint density at radius 1 is 1.50 bits per heavy atom. The van der Waals surface area contributed by atoms with Gasteiger partial charge in [0.05, 0.1) is 0 Å². The molecule has 1 rings (SSSR count). The van der Waals surface area contributed by atoms with Crippen molar-refractivity contribution in [3.63, 3.8) is 0 Å². The fourth-order valence-corrected chi connectivity index (χ4v) is 1.54. The normalized spacial score (nSPS) is 10.1. The lowest BCUT2D eigenvalue weighted by molar-refractivity contribution is 0.112. The number of hydrogen-bond acceptors (Lipinski definition) is 2. The quantitative estimate of drug-likeness (QED) is 0.473. The number of anilines is 1. The van der Waals surface area contributed by atoms with Crippen LogP contribution in [0.5, 0.6) is 0 Å². The maximum Gasteiger partial charge on any atom is 0.150 e. The predicted octanol–water partition coefficient (Wildman–Crippen LogP) is 2.56. The van der Waals surface area contributed by atoms with E-state index in [0.717, 1.165) is 35.9 Å². The van der Waals surface area contributed by atoms with E-state index < -0.39 is 0 Å². The molecular formula is C11H14ClNO. The van der Waals surface area contributed by atoms with Crippen LogP contribution in [0, 0.1) is 6.92 Å². The zero-order chi connectivity index (χ0) is 10.6. The molecule has 0 fully saturated rings. The Labute approximate surface area is 89.1 Å². The van der Waals surface area contributed by atoms with Crippen LogP contribution in [-0.2, 0) is 6.42 Å². The van der Waals surface area contributed by atoms with Gasteiger partial charge in [0.25, 0.3) is 0 Å². The minimum absolute atomic E-state index is 0.633. The number of nitrogen functional groups attached to an aromatic ring is 1. The van der Waals surface area contributed by atoms with Gasteiger partial charge in [-0.15, -0.1) is 11.6 Å². The number of aryl methyl sites for hydroxylation is 1. The largest absolute Gasteiger partial charge is 0.398 e. The van der Waals surface area contributed by atoms with Gasteiger partial charge in [-0.05, 0) is 30.9 Å². The lowest BCUT2D eigenvalue weighted by atomic mass is 10.0. The second-order valence-corrected chi connectivity index (χ2v) is 3.64. The second kappa shape index (κ2) is 5.01. The summed E-state index contributed by atoms with van der Waals surface area (Å²) in [5, 5.41) is 0. The highest BCUT2D eigenvalue weighted by Gasteiger charge is 2.05. The van der Waals surface area contributed by atoms with Gasteiger partial charge < -0.3 is 5.73 Å². The van der Waals surface area contributed by atoms with Crippen LogP contribution in [0.2, 0.25) is 0 Å². The van der Waals surface area contributed by atoms with Gasteiger partial charge in [0, 0.05) is 17.1 Å². The first-order valence-electron chi connectivity index (χ1n) is 4.59. The molecule has 1 aromatic carbocycles. The molecule has 0 amide bonds. The van der Waals surface area contributed by atoms with Gasteiger partial charge in [0.1, 0.15) is 6.29 Å². The fraction of sp³-hybridized carbons (Fsp3) is 0.364. The minimum atomic E-state index is 0.633. The topological polar surface area (TPSA) is 43.1 Å². The van der Waals surface area contributed by atoms with Gasteiger partial charge >= 0.3 is 0 Å². The summed E-state index contributed by atoms with van der Waals surface area (Å²) in [6.07, 6.45) is 2.61. The van der Waals surface area contributed by atoms with Crippen LogP contribution in [0.25, 0.3) is 0 Å². The molecule has 0 radical (unpaired) electrons. The van der Waals surface area contributed by atoms with E-state index in [9.17, 15) is 4.79 Å². The van der Waals surface area contributed by atoms with Crippen molar-refractivity contribution < 1.29 is 4.79 Å². The molecule has 0 heterocycles. The Balaban J connectivity index is 2.98. The highest BCUT2D eigenvalue weighted by Crippen LogP contribution is 2.21. The van der Waals surface area contributed by atoms with E-state index in [1.807, 2.05) is 19.1 Å². The molecule has 0 saturated heterocycles. The molecule has 76 valence electrons. The van der Waals surface area contributed by atoms with Crippen molar-refractivity contribution in [2.24, 2.45) is 0 Å². The molecule has 0 saturated carbocycles. The second-order valence-electron chi connectivity index (χ2n) is 3.26. The van der Waals surface area contributed by atoms with E-state index >= 15 is 0 Å². The summed E-state index contributed by atoms with van der Waals surface area (Å²) < 4.78 is 0. The predicted molar refractivity (Wildman–Crippen MR) is 60.0 cm³/mol. The molecular weight excluding hydrogens is 198 g/mol. The molecule has 0 atom stereocenters. The number of benzene rings is 1. The maximum absolute atomic E-state index is 10.6. The van der Waals surface area contributed by atoms with Crippen molar-refractivity contribution in [2.45, 2.75) is 19.8 Å². The molecule has 2 nitrogen and oxygen atoms in total. The smallest absolute Gasteiger partial charge is 0.150 e. The molecule has 0 aliphatic rings. The van der Waals surface area contributed by atoms with E-state index in [4.69, 9.17) is 17.3 Å². The first-order chi connectivity index (χ1) is 6.70. The van der Waals surface area contributed by atoms with Crippen molar-refractivity contribution >= 4 is 23.6 Å². The third-order valence-corrected chi connectivity index (χ3v) is 2.62. The Hall–Kier alpha value is -1.02. The van der Waals surface area contributed by atoms with Crippen molar-refractivity contribution in [1.82, 2.24) is 0 Å². The number of carbonyl (C=O) groups excluding carboxylic acids is 1. The summed E-state index contributed by atoms with van der Waals surface area (Å²) in [5.41, 5.74) is 9.23. The average Bonchev–Trinajstić information content (AvgIpc) is 2.20. The summed E-state index contributed by atoms with van der Waals surface area (Å²) in [6.45, 7) is 1.86. The van der Waals surface area contributed by atoms with Gasteiger partial charge in [0.2, 0.25) is 0 Å². The van der Waals surface area contributed by atoms with E-state index in [0.29, 0.717) is 11.4 Å². The van der Waals surface area contributed by atoms with Gasteiger partial charge in [-0.2, -0.15) is 0 Å². The average molecular weight is 212 g/mol. The zero-order valence-corrected chi connectivity index (χ0v) is 8.97. The van der Waals surface area contributed by atoms with Gasteiger partial charge in [-0.3, -0.25) is 4.79 Å². The summed E-state index contributed by atoms with van der Waals surface area (Å²) >= 11 is 5.61. The van der Waals surface area contributed by atoms with E-state index in [1.165, 1.54) is 0 Å². The number of aldehydes is 1. The molecule has 0 aromatic heterocycles. The van der Waals surface area contributed by atoms with Crippen LogP contribution < -0.4 is 5.73 Å². The fourth-order valence-electron chi connectivity index (χ4n) is 1.40. The number of halogens is 1. The summed E-state index contributed by atoms with van der Waals surface area (Å²) in [4.78, 5) is 10.6. The van der Waals surface area contributed by atoms with Crippen LogP contribution in [0.4, 0.5) is 5.69 Å². The molecule has 0 spiro atoms. The van der Waals surface area contributed by atoms with Crippen molar-refractivity contribution in [2.75, 3.05) is 11.6 Å². The number of rotatable bonds is 4. The lowest BCUT2D eigenvalue weighted by Gasteiger charge is -2.09. The third kappa shape index (κ3) is 2.26. The Morgan fingerprint density at radius 3 is 2.79 bits per heavy atom. The van der Waals surface area contributed by atoms with Crippen LogP contribution in [0.3, 0.4) is 0 Å². The highest BCUT2D eigenvalue weighted by atomic mass is 35.5. The Kier molecular flexibility index (Phi) is 3.96. The van der Waals surface area contributed by atoms with Crippen molar-refractivity contribution in [3.8, 4) is 0 Å². The summed E-state index contributed by atoms with van der Waals surface area (Å²) in [6, 6.07) is 3.71. The number of hydrogen-bond donors (Lipinski definition) is 1. The van der Waals surface area contributed by atoms with Gasteiger partial charge in [0.15, 0.2) is 0 Å². The first-order valence-corrected chi connectivity index (χ1v) is 5.13. The zero-order valence-electron chi connectivity index (χ0n) is 8.22. The van der Waals surface area contributed by atoms with Crippen LogP contribution in [-0.4, -0.2) is 12.2 Å². The van der Waals surface area contributed by atoms with E-state index in [1.54, 1.807) is 0 Å². The van der Waals surface area contributed by atoms with Crippen LogP contribution >= 0.6 is 11.6 Å². The Bertz CT molecular complexity index is 336. The monoisotopic (exact) mass is 211 g/mol. The number of carbonyl (C=O) groups is 1. The van der Waals surface area contributed by atoms with Crippen molar-refractivity contribution in [1.29, 1.82) is 0 Å². The maximum atomic E-state index is 10.6. The lowest BCUT2D eigenvalue weighted by Crippen LogP contribution is -2.01. The molecule has 0 unspecified atom stereocenters. The Morgan fingerprint density at radius 2 is 2.21 bits per heavy atom. The molecule has 2 N–H and O–H groups in total. The molecule has 0 aliphatic carbocycles. The number of nitrogens with two attached hydrogens (primary N) is 1. The number of alkyl halides is 1. The molecule has 1 aromatic rings. The van der Waals surface area contributed by atoms with Gasteiger partial charge in [-0.1, -0.05) is 12.1 Å². The van der Waals surface area contributed by atoms with Crippen LogP contribution in [0.1, 0.15) is 27.9 Å². The standard InChI is InChI=1S/C11H14ClNO/c1-8-10(7-14)5-4-9(11(8)13)3-2-6-12/h4-5,7H,2-3,6,13H2,1H3. The van der Waals surface area contributed by atoms with Gasteiger partial charge in [-0.25, -0.2) is 0 Å². The first kappa shape index (κ1) is 11.1. The highest BCUT2D eigenvalue weighted by molar-refractivity contribution is 6.17. The van der Waals surface area contributed by atoms with Crippen LogP contribution in [0.15, 0.2) is 12.1 Å². The third-order valence-electron chi connectivity index (χ3n) is 2.35. The molecule has 3 heteroatoms.